The lowest BCUT2D eigenvalue weighted by Crippen LogP contribution is -2.36. The van der Waals surface area contributed by atoms with Crippen molar-refractivity contribution in [3.63, 3.8) is 0 Å². The van der Waals surface area contributed by atoms with Crippen molar-refractivity contribution in [2.45, 2.75) is 5.41 Å². The van der Waals surface area contributed by atoms with Gasteiger partial charge in [0.25, 0.3) is 0 Å². The van der Waals surface area contributed by atoms with Gasteiger partial charge in [-0.1, -0.05) is 188 Å². The highest BCUT2D eigenvalue weighted by Crippen LogP contribution is 2.64. The smallest absolute Gasteiger partial charge is 0.164 e. The van der Waals surface area contributed by atoms with Crippen molar-refractivity contribution in [1.82, 2.24) is 15.0 Å². The van der Waals surface area contributed by atoms with Crippen LogP contribution >= 0.6 is 0 Å². The Morgan fingerprint density at radius 1 is 0.273 bits per heavy atom. The highest BCUT2D eigenvalue weighted by molar-refractivity contribution is 6.01. The number of nitrogens with zero attached hydrogens (tertiary/aromatic N) is 4. The van der Waals surface area contributed by atoms with Crippen LogP contribution < -0.4 is 4.90 Å². The van der Waals surface area contributed by atoms with Crippen molar-refractivity contribution in [3.8, 4) is 67.5 Å². The molecular formula is C62H40N4. The third-order valence-electron chi connectivity index (χ3n) is 13.5. The summed E-state index contributed by atoms with van der Waals surface area (Å²) in [6, 6.07) is 87.4. The maximum atomic E-state index is 5.03. The SMILES string of the molecule is c1ccc(-c2nc(-c3ccccc3)nc(-c3cccc(-c4cccc(-c5ccc6c(c5)-c5cc7ccccc7cc5C65c6ccccc6N(c6ccccc6)c6ccccc65)c4)c3)n2)cc1. The van der Waals surface area contributed by atoms with Gasteiger partial charge in [-0.3, -0.25) is 0 Å². The normalized spacial score (nSPS) is 12.9. The van der Waals surface area contributed by atoms with Gasteiger partial charge in [-0.05, 0) is 121 Å². The highest BCUT2D eigenvalue weighted by Gasteiger charge is 2.51. The molecule has 2 aliphatic rings. The summed E-state index contributed by atoms with van der Waals surface area (Å²) in [7, 11) is 0. The van der Waals surface area contributed by atoms with E-state index in [1.54, 1.807) is 0 Å². The van der Waals surface area contributed by atoms with Crippen LogP contribution in [0.25, 0.3) is 78.3 Å². The molecule has 1 aromatic heterocycles. The topological polar surface area (TPSA) is 41.9 Å². The fraction of sp³-hybridized carbons (Fsp3) is 0.0161. The van der Waals surface area contributed by atoms with E-state index < -0.39 is 5.41 Å². The lowest BCUT2D eigenvalue weighted by atomic mass is 9.64. The lowest BCUT2D eigenvalue weighted by molar-refractivity contribution is 0.753. The van der Waals surface area contributed by atoms with E-state index in [-0.39, 0.29) is 0 Å². The zero-order valence-electron chi connectivity index (χ0n) is 35.9. The van der Waals surface area contributed by atoms with Gasteiger partial charge in [0.05, 0.1) is 16.8 Å². The van der Waals surface area contributed by atoms with E-state index in [4.69, 9.17) is 15.0 Å². The molecule has 0 saturated heterocycles. The molecule has 0 N–H and O–H groups in total. The summed E-state index contributed by atoms with van der Waals surface area (Å²) in [5.74, 6) is 1.93. The average Bonchev–Trinajstić information content (AvgIpc) is 3.67. The van der Waals surface area contributed by atoms with Crippen molar-refractivity contribution in [2.24, 2.45) is 0 Å². The van der Waals surface area contributed by atoms with Gasteiger partial charge in [0, 0.05) is 22.4 Å². The molecule has 2 heterocycles. The molecule has 1 spiro atoms. The molecule has 0 fully saturated rings. The third kappa shape index (κ3) is 5.96. The number of anilines is 3. The number of para-hydroxylation sites is 3. The van der Waals surface area contributed by atoms with Crippen molar-refractivity contribution >= 4 is 27.8 Å². The van der Waals surface area contributed by atoms with Crippen LogP contribution in [0.1, 0.15) is 22.3 Å². The Labute approximate surface area is 383 Å². The monoisotopic (exact) mass is 840 g/mol. The second kappa shape index (κ2) is 15.2. The molecule has 0 atom stereocenters. The summed E-state index contributed by atoms with van der Waals surface area (Å²) < 4.78 is 0. The van der Waals surface area contributed by atoms with Crippen LogP contribution in [-0.4, -0.2) is 15.0 Å². The molecule has 1 aliphatic carbocycles. The first-order valence-corrected chi connectivity index (χ1v) is 22.5. The fourth-order valence-corrected chi connectivity index (χ4v) is 10.5. The number of hydrogen-bond acceptors (Lipinski definition) is 4. The van der Waals surface area contributed by atoms with Gasteiger partial charge in [-0.15, -0.1) is 0 Å². The number of hydrogen-bond donors (Lipinski definition) is 0. The van der Waals surface area contributed by atoms with Crippen molar-refractivity contribution < 1.29 is 0 Å². The largest absolute Gasteiger partial charge is 0.310 e. The summed E-state index contributed by atoms with van der Waals surface area (Å²) in [4.78, 5) is 17.4. The van der Waals surface area contributed by atoms with Crippen molar-refractivity contribution in [3.05, 3.63) is 265 Å². The van der Waals surface area contributed by atoms with Crippen LogP contribution in [0.4, 0.5) is 17.1 Å². The molecule has 0 saturated carbocycles. The Morgan fingerprint density at radius 2 is 0.697 bits per heavy atom. The summed E-state index contributed by atoms with van der Waals surface area (Å²) in [6.45, 7) is 0. The molecule has 0 bridgehead atoms. The van der Waals surface area contributed by atoms with E-state index >= 15 is 0 Å². The molecule has 308 valence electrons. The average molecular weight is 841 g/mol. The molecular weight excluding hydrogens is 801 g/mol. The number of fused-ring (bicyclic) bond motifs is 10. The summed E-state index contributed by atoms with van der Waals surface area (Å²) in [5, 5.41) is 2.48. The number of aromatic nitrogens is 3. The van der Waals surface area contributed by atoms with E-state index in [0.717, 1.165) is 39.1 Å². The van der Waals surface area contributed by atoms with Gasteiger partial charge in [0.1, 0.15) is 0 Å². The fourth-order valence-electron chi connectivity index (χ4n) is 10.5. The van der Waals surface area contributed by atoms with Crippen molar-refractivity contribution in [2.75, 3.05) is 4.90 Å². The summed E-state index contributed by atoms with van der Waals surface area (Å²) in [5.41, 5.74) is 18.1. The minimum Gasteiger partial charge on any atom is -0.310 e. The van der Waals surface area contributed by atoms with Crippen LogP contribution in [0.2, 0.25) is 0 Å². The predicted octanol–water partition coefficient (Wildman–Crippen LogP) is 15.5. The minimum atomic E-state index is -0.538. The van der Waals surface area contributed by atoms with Gasteiger partial charge in [-0.2, -0.15) is 0 Å². The Bertz CT molecular complexity index is 3550. The first-order valence-electron chi connectivity index (χ1n) is 22.5. The van der Waals surface area contributed by atoms with Crippen LogP contribution in [0.5, 0.6) is 0 Å². The highest BCUT2D eigenvalue weighted by atomic mass is 15.2. The Hall–Kier alpha value is -8.73. The van der Waals surface area contributed by atoms with Gasteiger partial charge in [0.15, 0.2) is 17.5 Å². The lowest BCUT2D eigenvalue weighted by Gasteiger charge is -2.45. The summed E-state index contributed by atoms with van der Waals surface area (Å²) >= 11 is 0. The van der Waals surface area contributed by atoms with Gasteiger partial charge >= 0.3 is 0 Å². The Kier molecular flexibility index (Phi) is 8.72. The number of benzene rings is 10. The van der Waals surface area contributed by atoms with Gasteiger partial charge < -0.3 is 4.90 Å². The second-order valence-corrected chi connectivity index (χ2v) is 17.2. The third-order valence-corrected chi connectivity index (χ3v) is 13.5. The Morgan fingerprint density at radius 3 is 1.29 bits per heavy atom. The standard InChI is InChI=1S/C62H40N4/c1-4-18-41(19-5-1)59-63-60(42-20-6-2-7-21-42)65-61(64-59)49-27-17-26-45(37-49)43-24-16-25-44(36-43)48-34-35-53-51(39-48)52-38-46-22-10-11-23-47(46)40-56(52)62(53)54-30-12-14-32-57(54)66(50-28-8-3-9-29-50)58-33-15-13-31-55(58)62/h1-40H. The number of rotatable bonds is 6. The molecule has 1 aliphatic heterocycles. The molecule has 66 heavy (non-hydrogen) atoms. The molecule has 0 radical (unpaired) electrons. The zero-order valence-corrected chi connectivity index (χ0v) is 35.9. The predicted molar refractivity (Wildman–Crippen MR) is 270 cm³/mol. The van der Waals surface area contributed by atoms with E-state index in [1.807, 2.05) is 60.7 Å². The van der Waals surface area contributed by atoms with Crippen LogP contribution in [0.3, 0.4) is 0 Å². The van der Waals surface area contributed by atoms with E-state index in [9.17, 15) is 0 Å². The first-order chi connectivity index (χ1) is 32.7. The second-order valence-electron chi connectivity index (χ2n) is 17.2. The summed E-state index contributed by atoms with van der Waals surface area (Å²) in [6.07, 6.45) is 0. The van der Waals surface area contributed by atoms with Gasteiger partial charge in [0.2, 0.25) is 0 Å². The molecule has 0 amide bonds. The van der Waals surface area contributed by atoms with Crippen LogP contribution in [0.15, 0.2) is 243 Å². The maximum Gasteiger partial charge on any atom is 0.164 e. The zero-order chi connectivity index (χ0) is 43.6. The van der Waals surface area contributed by atoms with Crippen LogP contribution in [0, 0.1) is 0 Å². The van der Waals surface area contributed by atoms with Gasteiger partial charge in [-0.25, -0.2) is 15.0 Å². The first kappa shape index (κ1) is 37.8. The molecule has 4 heteroatoms. The minimum absolute atomic E-state index is 0.538. The molecule has 10 aromatic carbocycles. The van der Waals surface area contributed by atoms with E-state index in [0.29, 0.717) is 17.5 Å². The molecule has 0 unspecified atom stereocenters. The maximum absolute atomic E-state index is 5.03. The Balaban J connectivity index is 0.953. The van der Waals surface area contributed by atoms with E-state index in [2.05, 4.69) is 187 Å². The van der Waals surface area contributed by atoms with E-state index in [1.165, 1.54) is 61.1 Å². The molecule has 11 aromatic rings. The molecule has 4 nitrogen and oxygen atoms in total. The molecule has 13 rings (SSSR count). The quantitative estimate of drug-likeness (QED) is 0.167. The van der Waals surface area contributed by atoms with Crippen molar-refractivity contribution in [1.29, 1.82) is 0 Å². The van der Waals surface area contributed by atoms with Crippen LogP contribution in [-0.2, 0) is 5.41 Å².